The molecule has 0 unspecified atom stereocenters. The second-order valence-electron chi connectivity index (χ2n) is 12.0. The smallest absolute Gasteiger partial charge is 0.317 e. The van der Waals surface area contributed by atoms with Crippen molar-refractivity contribution >= 4 is 11.8 Å². The molecule has 38 heavy (non-hydrogen) atoms. The molecule has 204 valence electrons. The summed E-state index contributed by atoms with van der Waals surface area (Å²) in [4.78, 5) is 26.5. The van der Waals surface area contributed by atoms with Crippen LogP contribution in [0.5, 0.6) is 0 Å². The van der Waals surface area contributed by atoms with Crippen molar-refractivity contribution in [1.29, 1.82) is 0 Å². The minimum Gasteiger partial charge on any atom is -0.461 e. The first-order valence-corrected chi connectivity index (χ1v) is 14.4. The van der Waals surface area contributed by atoms with Gasteiger partial charge in [-0.3, -0.25) is 9.59 Å². The Kier molecular flexibility index (Phi) is 9.59. The standard InChI is InChI=1S/C34H44O4/c1-24-17-19-29(34(3,4)27-15-9-6-10-16-27)31(22-24)38-33(36)32-28(18-20-30(32)35)25(2)12-11-21-37-23-26-13-7-5-8-14-26/h5-10,13-16,24,28-29,31-32H,2,11-12,17-23H2,1,3-4H3/t24-,28+,29-,31-,32+/m1/s1. The molecule has 5 atom stereocenters. The van der Waals surface area contributed by atoms with Gasteiger partial charge in [-0.1, -0.05) is 100 Å². The van der Waals surface area contributed by atoms with E-state index in [0.29, 0.717) is 32.0 Å². The molecule has 0 aromatic heterocycles. The summed E-state index contributed by atoms with van der Waals surface area (Å²) in [6, 6.07) is 20.6. The third-order valence-electron chi connectivity index (χ3n) is 8.89. The van der Waals surface area contributed by atoms with Crippen LogP contribution in [0.25, 0.3) is 0 Å². The summed E-state index contributed by atoms with van der Waals surface area (Å²) in [7, 11) is 0. The van der Waals surface area contributed by atoms with Gasteiger partial charge >= 0.3 is 5.97 Å². The zero-order valence-electron chi connectivity index (χ0n) is 23.4. The molecule has 0 spiro atoms. The number of hydrogen-bond donors (Lipinski definition) is 0. The molecule has 4 heteroatoms. The number of benzene rings is 2. The molecule has 4 rings (SSSR count). The molecule has 0 radical (unpaired) electrons. The van der Waals surface area contributed by atoms with Crippen LogP contribution in [-0.4, -0.2) is 24.5 Å². The molecule has 2 aromatic rings. The van der Waals surface area contributed by atoms with E-state index in [2.05, 4.69) is 63.7 Å². The SMILES string of the molecule is C=C(CCCOCc1ccccc1)[C@@H]1CCC(=O)[C@H]1C(=O)O[C@@H]1C[C@H](C)CC[C@H]1C(C)(C)c1ccccc1. The third kappa shape index (κ3) is 6.83. The molecule has 2 saturated carbocycles. The average Bonchev–Trinajstić information content (AvgIpc) is 3.31. The average molecular weight is 517 g/mol. The summed E-state index contributed by atoms with van der Waals surface area (Å²) < 4.78 is 12.1. The van der Waals surface area contributed by atoms with Crippen LogP contribution >= 0.6 is 0 Å². The Labute approximate surface area is 228 Å². The van der Waals surface area contributed by atoms with Gasteiger partial charge in [-0.25, -0.2) is 0 Å². The lowest BCUT2D eigenvalue weighted by Crippen LogP contribution is -2.45. The van der Waals surface area contributed by atoms with Crippen LogP contribution in [0.3, 0.4) is 0 Å². The van der Waals surface area contributed by atoms with Gasteiger partial charge in [0.1, 0.15) is 17.8 Å². The lowest BCUT2D eigenvalue weighted by Gasteiger charge is -2.44. The number of Topliss-reactive ketones (excluding diaryl/α,β-unsaturated/α-hetero) is 1. The number of carbonyl (C=O) groups excluding carboxylic acids is 2. The van der Waals surface area contributed by atoms with Gasteiger partial charge < -0.3 is 9.47 Å². The second kappa shape index (κ2) is 12.9. The first-order valence-electron chi connectivity index (χ1n) is 14.4. The first kappa shape index (κ1) is 28.3. The fourth-order valence-electron chi connectivity index (χ4n) is 6.52. The molecule has 2 aromatic carbocycles. The monoisotopic (exact) mass is 516 g/mol. The maximum atomic E-state index is 13.6. The normalized spacial score (nSPS) is 25.8. The summed E-state index contributed by atoms with van der Waals surface area (Å²) in [6.45, 7) is 12.3. The number of ketones is 1. The van der Waals surface area contributed by atoms with E-state index in [9.17, 15) is 9.59 Å². The zero-order chi connectivity index (χ0) is 27.1. The Morgan fingerprint density at radius 2 is 1.68 bits per heavy atom. The van der Waals surface area contributed by atoms with Crippen molar-refractivity contribution in [3.8, 4) is 0 Å². The van der Waals surface area contributed by atoms with Gasteiger partial charge in [-0.15, -0.1) is 0 Å². The van der Waals surface area contributed by atoms with E-state index in [1.165, 1.54) is 5.56 Å². The molecule has 0 N–H and O–H groups in total. The van der Waals surface area contributed by atoms with Crippen LogP contribution in [0.2, 0.25) is 0 Å². The quantitative estimate of drug-likeness (QED) is 0.135. The van der Waals surface area contributed by atoms with Crippen molar-refractivity contribution in [3.05, 3.63) is 83.9 Å². The first-order chi connectivity index (χ1) is 18.3. The molecule has 2 aliphatic carbocycles. The topological polar surface area (TPSA) is 52.6 Å². The van der Waals surface area contributed by atoms with Gasteiger partial charge in [0.15, 0.2) is 0 Å². The van der Waals surface area contributed by atoms with Crippen molar-refractivity contribution in [2.24, 2.45) is 23.7 Å². The van der Waals surface area contributed by atoms with E-state index in [1.54, 1.807) is 0 Å². The lowest BCUT2D eigenvalue weighted by atomic mass is 9.64. The van der Waals surface area contributed by atoms with Crippen LogP contribution in [0.15, 0.2) is 72.8 Å². The Bertz CT molecular complexity index is 1070. The summed E-state index contributed by atoms with van der Waals surface area (Å²) in [5.74, 6) is -0.478. The molecule has 0 heterocycles. The van der Waals surface area contributed by atoms with Gasteiger partial charge in [0.05, 0.1) is 6.61 Å². The predicted molar refractivity (Wildman–Crippen MR) is 152 cm³/mol. The Balaban J connectivity index is 1.35. The second-order valence-corrected chi connectivity index (χ2v) is 12.0. The van der Waals surface area contributed by atoms with Crippen molar-refractivity contribution in [3.63, 3.8) is 0 Å². The third-order valence-corrected chi connectivity index (χ3v) is 8.89. The zero-order valence-corrected chi connectivity index (χ0v) is 23.4. The Morgan fingerprint density at radius 3 is 2.39 bits per heavy atom. The Morgan fingerprint density at radius 1 is 1.00 bits per heavy atom. The highest BCUT2D eigenvalue weighted by atomic mass is 16.5. The number of ether oxygens (including phenoxy) is 2. The van der Waals surface area contributed by atoms with E-state index in [0.717, 1.165) is 43.2 Å². The predicted octanol–water partition coefficient (Wildman–Crippen LogP) is 7.46. The Hall–Kier alpha value is -2.72. The maximum absolute atomic E-state index is 13.6. The van der Waals surface area contributed by atoms with E-state index < -0.39 is 5.92 Å². The highest BCUT2D eigenvalue weighted by Gasteiger charge is 2.46. The summed E-state index contributed by atoms with van der Waals surface area (Å²) >= 11 is 0. The molecule has 0 amide bonds. The summed E-state index contributed by atoms with van der Waals surface area (Å²) in [5.41, 5.74) is 3.26. The molecule has 2 fully saturated rings. The van der Waals surface area contributed by atoms with E-state index >= 15 is 0 Å². The minimum absolute atomic E-state index is 0.00389. The molecule has 2 aliphatic rings. The van der Waals surface area contributed by atoms with Gasteiger partial charge in [-0.05, 0) is 54.6 Å². The summed E-state index contributed by atoms with van der Waals surface area (Å²) in [5, 5.41) is 0. The summed E-state index contributed by atoms with van der Waals surface area (Å²) in [6.07, 6.45) is 5.48. The fourth-order valence-corrected chi connectivity index (χ4v) is 6.52. The van der Waals surface area contributed by atoms with Crippen LogP contribution in [0.4, 0.5) is 0 Å². The van der Waals surface area contributed by atoms with Crippen molar-refractivity contribution in [1.82, 2.24) is 0 Å². The largest absolute Gasteiger partial charge is 0.461 e. The molecule has 4 nitrogen and oxygen atoms in total. The van der Waals surface area contributed by atoms with Crippen molar-refractivity contribution in [2.75, 3.05) is 6.61 Å². The number of allylic oxidation sites excluding steroid dienone is 1. The highest BCUT2D eigenvalue weighted by Crippen LogP contribution is 2.45. The fraction of sp³-hybridized carbons (Fsp3) is 0.529. The molecular formula is C34H44O4. The van der Waals surface area contributed by atoms with Crippen LogP contribution < -0.4 is 0 Å². The number of carbonyl (C=O) groups is 2. The van der Waals surface area contributed by atoms with E-state index in [4.69, 9.17) is 9.47 Å². The maximum Gasteiger partial charge on any atom is 0.317 e. The molecule has 0 aliphatic heterocycles. The van der Waals surface area contributed by atoms with E-state index in [1.807, 2.05) is 24.3 Å². The number of hydrogen-bond acceptors (Lipinski definition) is 4. The van der Waals surface area contributed by atoms with Crippen LogP contribution in [0.1, 0.15) is 76.8 Å². The number of rotatable bonds is 11. The molecule has 0 saturated heterocycles. The minimum atomic E-state index is -0.717. The van der Waals surface area contributed by atoms with Gasteiger partial charge in [-0.2, -0.15) is 0 Å². The highest BCUT2D eigenvalue weighted by molar-refractivity contribution is 6.01. The molecular weight excluding hydrogens is 472 g/mol. The van der Waals surface area contributed by atoms with E-state index in [-0.39, 0.29) is 35.1 Å². The lowest BCUT2D eigenvalue weighted by molar-refractivity contribution is -0.163. The van der Waals surface area contributed by atoms with Gasteiger partial charge in [0.2, 0.25) is 0 Å². The molecule has 0 bridgehead atoms. The van der Waals surface area contributed by atoms with Crippen LogP contribution in [-0.2, 0) is 31.1 Å². The van der Waals surface area contributed by atoms with Crippen molar-refractivity contribution in [2.45, 2.75) is 83.8 Å². The van der Waals surface area contributed by atoms with Crippen LogP contribution in [0, 0.1) is 23.7 Å². The number of esters is 1. The van der Waals surface area contributed by atoms with Gasteiger partial charge in [0, 0.05) is 24.9 Å². The van der Waals surface area contributed by atoms with Gasteiger partial charge in [0.25, 0.3) is 0 Å². The van der Waals surface area contributed by atoms with Crippen molar-refractivity contribution < 1.29 is 19.1 Å².